The zero-order valence-electron chi connectivity index (χ0n) is 15.8. The summed E-state index contributed by atoms with van der Waals surface area (Å²) in [6, 6.07) is 10.3. The van der Waals surface area contributed by atoms with Gasteiger partial charge in [0.05, 0.1) is 37.7 Å². The van der Waals surface area contributed by atoms with Gasteiger partial charge in [0, 0.05) is 11.8 Å². The first kappa shape index (κ1) is 19.5. The predicted octanol–water partition coefficient (Wildman–Crippen LogP) is 3.51. The lowest BCUT2D eigenvalue weighted by molar-refractivity contribution is 0.102. The van der Waals surface area contributed by atoms with Crippen LogP contribution >= 0.6 is 11.6 Å². The van der Waals surface area contributed by atoms with Gasteiger partial charge in [-0.2, -0.15) is 0 Å². The summed E-state index contributed by atoms with van der Waals surface area (Å²) in [5, 5.41) is 11.3. The number of nitrogens with zero attached hydrogens (tertiary/aromatic N) is 3. The van der Waals surface area contributed by atoms with Crippen molar-refractivity contribution in [1.82, 2.24) is 15.0 Å². The Balaban J connectivity index is 1.85. The van der Waals surface area contributed by atoms with Gasteiger partial charge in [-0.05, 0) is 37.3 Å². The van der Waals surface area contributed by atoms with Gasteiger partial charge >= 0.3 is 0 Å². The molecule has 0 aliphatic carbocycles. The topological polar surface area (TPSA) is 87.5 Å². The molecule has 0 saturated heterocycles. The number of amides is 1. The molecule has 1 heterocycles. The lowest BCUT2D eigenvalue weighted by Gasteiger charge is -2.10. The second kappa shape index (κ2) is 8.18. The minimum Gasteiger partial charge on any atom is -0.495 e. The number of halogens is 1. The van der Waals surface area contributed by atoms with E-state index < -0.39 is 5.91 Å². The van der Waals surface area contributed by atoms with Crippen LogP contribution in [-0.4, -0.2) is 42.2 Å². The number of hydrogen-bond acceptors (Lipinski definition) is 6. The van der Waals surface area contributed by atoms with Crippen LogP contribution in [0.3, 0.4) is 0 Å². The molecule has 0 aliphatic heterocycles. The number of carbonyl (C=O) groups excluding carboxylic acids is 1. The second-order valence-electron chi connectivity index (χ2n) is 5.78. The molecule has 146 valence electrons. The van der Waals surface area contributed by atoms with Crippen molar-refractivity contribution in [1.29, 1.82) is 0 Å². The minimum atomic E-state index is -0.393. The Morgan fingerprint density at radius 3 is 2.32 bits per heavy atom. The van der Waals surface area contributed by atoms with Crippen LogP contribution in [0.4, 0.5) is 5.69 Å². The highest BCUT2D eigenvalue weighted by molar-refractivity contribution is 6.32. The highest BCUT2D eigenvalue weighted by atomic mass is 35.5. The van der Waals surface area contributed by atoms with Crippen LogP contribution in [0.15, 0.2) is 36.4 Å². The van der Waals surface area contributed by atoms with E-state index in [1.807, 2.05) is 0 Å². The number of nitrogens with one attached hydrogen (secondary N) is 1. The molecule has 0 radical (unpaired) electrons. The van der Waals surface area contributed by atoms with E-state index in [4.69, 9.17) is 25.8 Å². The van der Waals surface area contributed by atoms with E-state index in [0.717, 1.165) is 0 Å². The summed E-state index contributed by atoms with van der Waals surface area (Å²) in [5.74, 6) is 1.23. The number of hydrogen-bond donors (Lipinski definition) is 1. The SMILES string of the molecule is COc1ccc(-n2nnc(C(=O)Nc3ccc(OC)c(OC)c3)c2C)cc1Cl. The van der Waals surface area contributed by atoms with E-state index in [9.17, 15) is 4.79 Å². The zero-order valence-corrected chi connectivity index (χ0v) is 16.6. The van der Waals surface area contributed by atoms with Gasteiger partial charge in [-0.15, -0.1) is 5.10 Å². The molecule has 2 aromatic carbocycles. The maximum Gasteiger partial charge on any atom is 0.278 e. The van der Waals surface area contributed by atoms with E-state index in [1.54, 1.807) is 50.4 Å². The molecule has 0 bridgehead atoms. The fraction of sp³-hybridized carbons (Fsp3) is 0.211. The van der Waals surface area contributed by atoms with Crippen molar-refractivity contribution in [3.05, 3.63) is 52.8 Å². The Morgan fingerprint density at radius 2 is 1.68 bits per heavy atom. The molecule has 9 heteroatoms. The van der Waals surface area contributed by atoms with E-state index in [0.29, 0.717) is 39.3 Å². The monoisotopic (exact) mass is 402 g/mol. The Hall–Kier alpha value is -3.26. The third-order valence-corrected chi connectivity index (χ3v) is 4.43. The first-order valence-electron chi connectivity index (χ1n) is 8.28. The van der Waals surface area contributed by atoms with Gasteiger partial charge < -0.3 is 19.5 Å². The first-order valence-corrected chi connectivity index (χ1v) is 8.66. The Morgan fingerprint density at radius 1 is 1.00 bits per heavy atom. The molecule has 0 unspecified atom stereocenters. The Bertz CT molecular complexity index is 1020. The summed E-state index contributed by atoms with van der Waals surface area (Å²) in [4.78, 5) is 12.7. The molecule has 1 N–H and O–H groups in total. The number of rotatable bonds is 6. The van der Waals surface area contributed by atoms with Crippen LogP contribution in [0, 0.1) is 6.92 Å². The molecular formula is C19H19ClN4O4. The highest BCUT2D eigenvalue weighted by Gasteiger charge is 2.19. The summed E-state index contributed by atoms with van der Waals surface area (Å²) in [5.41, 5.74) is 1.98. The molecule has 3 rings (SSSR count). The van der Waals surface area contributed by atoms with E-state index >= 15 is 0 Å². The van der Waals surface area contributed by atoms with Crippen molar-refractivity contribution in [3.63, 3.8) is 0 Å². The molecule has 0 fully saturated rings. The molecule has 0 atom stereocenters. The first-order chi connectivity index (χ1) is 13.5. The van der Waals surface area contributed by atoms with E-state index in [2.05, 4.69) is 15.6 Å². The number of anilines is 1. The quantitative estimate of drug-likeness (QED) is 0.678. The zero-order chi connectivity index (χ0) is 20.3. The van der Waals surface area contributed by atoms with Gasteiger partial charge in [-0.3, -0.25) is 4.79 Å². The van der Waals surface area contributed by atoms with Gasteiger partial charge in [0.1, 0.15) is 5.75 Å². The highest BCUT2D eigenvalue weighted by Crippen LogP contribution is 2.30. The smallest absolute Gasteiger partial charge is 0.278 e. The molecular weight excluding hydrogens is 384 g/mol. The number of aromatic nitrogens is 3. The maximum absolute atomic E-state index is 12.7. The van der Waals surface area contributed by atoms with Gasteiger partial charge in [-0.25, -0.2) is 4.68 Å². The standard InChI is InChI=1S/C19H19ClN4O4/c1-11-18(19(25)21-12-5-7-16(27-3)17(9-12)28-4)22-23-24(11)13-6-8-15(26-2)14(20)10-13/h5-10H,1-4H3,(H,21,25). The molecule has 8 nitrogen and oxygen atoms in total. The average molecular weight is 403 g/mol. The molecule has 1 amide bonds. The molecule has 0 saturated carbocycles. The number of ether oxygens (including phenoxy) is 3. The van der Waals surface area contributed by atoms with Crippen LogP contribution in [0.2, 0.25) is 5.02 Å². The lowest BCUT2D eigenvalue weighted by atomic mass is 10.2. The predicted molar refractivity (Wildman–Crippen MR) is 105 cm³/mol. The van der Waals surface area contributed by atoms with Crippen molar-refractivity contribution >= 4 is 23.2 Å². The van der Waals surface area contributed by atoms with Gasteiger partial charge in [0.25, 0.3) is 5.91 Å². The van der Waals surface area contributed by atoms with Gasteiger partial charge in [-0.1, -0.05) is 16.8 Å². The van der Waals surface area contributed by atoms with Crippen LogP contribution < -0.4 is 19.5 Å². The molecule has 0 spiro atoms. The second-order valence-corrected chi connectivity index (χ2v) is 6.19. The van der Waals surface area contributed by atoms with Gasteiger partial charge in [0.15, 0.2) is 17.2 Å². The maximum atomic E-state index is 12.7. The fourth-order valence-corrected chi connectivity index (χ4v) is 2.93. The number of methoxy groups -OCH3 is 3. The summed E-state index contributed by atoms with van der Waals surface area (Å²) in [7, 11) is 4.61. The number of benzene rings is 2. The average Bonchev–Trinajstić information content (AvgIpc) is 3.09. The summed E-state index contributed by atoms with van der Waals surface area (Å²) in [6.07, 6.45) is 0. The van der Waals surface area contributed by atoms with Crippen LogP contribution in [0.5, 0.6) is 17.2 Å². The van der Waals surface area contributed by atoms with E-state index in [1.165, 1.54) is 18.9 Å². The molecule has 3 aromatic rings. The summed E-state index contributed by atoms with van der Waals surface area (Å²) < 4.78 is 17.1. The largest absolute Gasteiger partial charge is 0.495 e. The van der Waals surface area contributed by atoms with Crippen LogP contribution in [-0.2, 0) is 0 Å². The Labute approximate surface area is 167 Å². The van der Waals surface area contributed by atoms with Crippen molar-refractivity contribution in [2.24, 2.45) is 0 Å². The normalized spacial score (nSPS) is 10.5. The van der Waals surface area contributed by atoms with E-state index in [-0.39, 0.29) is 5.69 Å². The number of carbonyl (C=O) groups is 1. The molecule has 1 aromatic heterocycles. The third-order valence-electron chi connectivity index (χ3n) is 4.13. The summed E-state index contributed by atoms with van der Waals surface area (Å²) >= 11 is 6.17. The Kier molecular flexibility index (Phi) is 5.70. The van der Waals surface area contributed by atoms with Crippen molar-refractivity contribution in [2.75, 3.05) is 26.6 Å². The summed E-state index contributed by atoms with van der Waals surface area (Å²) in [6.45, 7) is 1.75. The molecule has 0 aliphatic rings. The van der Waals surface area contributed by atoms with Crippen LogP contribution in [0.1, 0.15) is 16.2 Å². The lowest BCUT2D eigenvalue weighted by Crippen LogP contribution is -2.14. The third kappa shape index (κ3) is 3.72. The minimum absolute atomic E-state index is 0.196. The van der Waals surface area contributed by atoms with Crippen molar-refractivity contribution < 1.29 is 19.0 Å². The van der Waals surface area contributed by atoms with Crippen molar-refractivity contribution in [3.8, 4) is 22.9 Å². The molecule has 28 heavy (non-hydrogen) atoms. The fourth-order valence-electron chi connectivity index (χ4n) is 2.68. The van der Waals surface area contributed by atoms with Crippen LogP contribution in [0.25, 0.3) is 5.69 Å². The van der Waals surface area contributed by atoms with Gasteiger partial charge in [0.2, 0.25) is 0 Å². The van der Waals surface area contributed by atoms with Crippen molar-refractivity contribution in [2.45, 2.75) is 6.92 Å².